The molecule has 19 heavy (non-hydrogen) atoms. The van der Waals surface area contributed by atoms with Gasteiger partial charge in [0.1, 0.15) is 5.82 Å². The molecule has 1 heterocycles. The summed E-state index contributed by atoms with van der Waals surface area (Å²) in [6, 6.07) is 8.04. The number of carbonyl (C=O) groups is 1. The van der Waals surface area contributed by atoms with E-state index in [-0.39, 0.29) is 11.7 Å². The molecule has 0 aliphatic heterocycles. The number of nitrogens with zero attached hydrogens (tertiary/aromatic N) is 3. The molecule has 1 aliphatic carbocycles. The molecule has 0 bridgehead atoms. The molecule has 98 valence electrons. The number of benzene rings is 1. The predicted molar refractivity (Wildman–Crippen MR) is 68.6 cm³/mol. The molecule has 0 radical (unpaired) electrons. The van der Waals surface area contributed by atoms with E-state index in [1.54, 1.807) is 41.0 Å². The van der Waals surface area contributed by atoms with Crippen LogP contribution in [0.25, 0.3) is 5.69 Å². The van der Waals surface area contributed by atoms with Gasteiger partial charge in [-0.15, -0.1) is 0 Å². The largest absolute Gasteiger partial charge is 0.337 e. The number of halogens is 1. The van der Waals surface area contributed by atoms with Crippen LogP contribution in [-0.4, -0.2) is 33.7 Å². The third kappa shape index (κ3) is 2.36. The summed E-state index contributed by atoms with van der Waals surface area (Å²) in [5, 5.41) is 4.24. The van der Waals surface area contributed by atoms with Crippen LogP contribution in [0.5, 0.6) is 0 Å². The van der Waals surface area contributed by atoms with Gasteiger partial charge in [0.2, 0.25) is 0 Å². The summed E-state index contributed by atoms with van der Waals surface area (Å²) >= 11 is 0. The lowest BCUT2D eigenvalue weighted by molar-refractivity contribution is 0.0779. The molecule has 0 unspecified atom stereocenters. The summed E-state index contributed by atoms with van der Waals surface area (Å²) in [6.45, 7) is 0. The van der Waals surface area contributed by atoms with Crippen LogP contribution in [0.4, 0.5) is 4.39 Å². The molecule has 1 aliphatic rings. The Morgan fingerprint density at radius 2 is 2.00 bits per heavy atom. The summed E-state index contributed by atoms with van der Waals surface area (Å²) in [7, 11) is 1.80. The third-order valence-electron chi connectivity index (χ3n) is 3.31. The molecule has 1 saturated carbocycles. The van der Waals surface area contributed by atoms with E-state index in [1.807, 2.05) is 0 Å². The molecule has 1 aromatic heterocycles. The van der Waals surface area contributed by atoms with Crippen molar-refractivity contribution < 1.29 is 9.18 Å². The average Bonchev–Trinajstić information content (AvgIpc) is 3.16. The van der Waals surface area contributed by atoms with Crippen molar-refractivity contribution in [3.63, 3.8) is 0 Å². The molecule has 3 rings (SSSR count). The van der Waals surface area contributed by atoms with Crippen LogP contribution in [0.15, 0.2) is 36.5 Å². The van der Waals surface area contributed by atoms with Crippen LogP contribution in [0.2, 0.25) is 0 Å². The van der Waals surface area contributed by atoms with Crippen molar-refractivity contribution in [3.05, 3.63) is 48.0 Å². The molecule has 4 nitrogen and oxygen atoms in total. The van der Waals surface area contributed by atoms with Crippen LogP contribution in [-0.2, 0) is 0 Å². The van der Waals surface area contributed by atoms with Gasteiger partial charge in [0.05, 0.1) is 5.69 Å². The second kappa shape index (κ2) is 4.50. The van der Waals surface area contributed by atoms with Crippen molar-refractivity contribution in [3.8, 4) is 5.69 Å². The van der Waals surface area contributed by atoms with E-state index in [0.717, 1.165) is 18.5 Å². The minimum absolute atomic E-state index is 0.0663. The lowest BCUT2D eigenvalue weighted by Crippen LogP contribution is -2.29. The zero-order valence-electron chi connectivity index (χ0n) is 10.6. The van der Waals surface area contributed by atoms with Crippen molar-refractivity contribution in [1.82, 2.24) is 14.7 Å². The molecule has 2 aromatic rings. The van der Waals surface area contributed by atoms with E-state index in [2.05, 4.69) is 5.10 Å². The van der Waals surface area contributed by atoms with E-state index in [0.29, 0.717) is 11.7 Å². The molecular formula is C14H14FN3O. The third-order valence-corrected chi connectivity index (χ3v) is 3.31. The van der Waals surface area contributed by atoms with Crippen LogP contribution in [0.1, 0.15) is 23.3 Å². The Morgan fingerprint density at radius 3 is 2.63 bits per heavy atom. The quantitative estimate of drug-likeness (QED) is 0.848. The highest BCUT2D eigenvalue weighted by atomic mass is 19.1. The van der Waals surface area contributed by atoms with Crippen LogP contribution >= 0.6 is 0 Å². The monoisotopic (exact) mass is 259 g/mol. The van der Waals surface area contributed by atoms with Gasteiger partial charge in [-0.1, -0.05) is 0 Å². The minimum atomic E-state index is -0.291. The Bertz CT molecular complexity index is 601. The van der Waals surface area contributed by atoms with Gasteiger partial charge in [-0.3, -0.25) is 4.79 Å². The number of hydrogen-bond donors (Lipinski definition) is 0. The van der Waals surface area contributed by atoms with Crippen molar-refractivity contribution in [2.75, 3.05) is 7.05 Å². The van der Waals surface area contributed by atoms with E-state index in [9.17, 15) is 9.18 Å². The van der Waals surface area contributed by atoms with Gasteiger partial charge >= 0.3 is 0 Å². The number of carbonyl (C=O) groups excluding carboxylic acids is 1. The highest BCUT2D eigenvalue weighted by molar-refractivity contribution is 5.92. The van der Waals surface area contributed by atoms with E-state index >= 15 is 0 Å². The van der Waals surface area contributed by atoms with Crippen LogP contribution in [0.3, 0.4) is 0 Å². The second-order valence-electron chi connectivity index (χ2n) is 4.77. The molecule has 0 N–H and O–H groups in total. The minimum Gasteiger partial charge on any atom is -0.337 e. The molecule has 0 spiro atoms. The zero-order valence-corrected chi connectivity index (χ0v) is 10.6. The average molecular weight is 259 g/mol. The number of rotatable bonds is 3. The first kappa shape index (κ1) is 11.9. The molecule has 1 fully saturated rings. The second-order valence-corrected chi connectivity index (χ2v) is 4.77. The van der Waals surface area contributed by atoms with Gasteiger partial charge in [0.25, 0.3) is 5.91 Å². The van der Waals surface area contributed by atoms with E-state index < -0.39 is 0 Å². The summed E-state index contributed by atoms with van der Waals surface area (Å²) in [5.41, 5.74) is 1.15. The van der Waals surface area contributed by atoms with Crippen molar-refractivity contribution in [1.29, 1.82) is 0 Å². The highest BCUT2D eigenvalue weighted by Gasteiger charge is 2.30. The topological polar surface area (TPSA) is 38.1 Å². The van der Waals surface area contributed by atoms with Crippen LogP contribution in [0, 0.1) is 5.82 Å². The summed E-state index contributed by atoms with van der Waals surface area (Å²) in [6.07, 6.45) is 3.85. The normalized spacial score (nSPS) is 14.4. The number of aromatic nitrogens is 2. The highest BCUT2D eigenvalue weighted by Crippen LogP contribution is 2.26. The van der Waals surface area contributed by atoms with E-state index in [1.165, 1.54) is 12.1 Å². The van der Waals surface area contributed by atoms with Gasteiger partial charge in [-0.05, 0) is 43.2 Å². The van der Waals surface area contributed by atoms with Gasteiger partial charge in [0, 0.05) is 19.3 Å². The van der Waals surface area contributed by atoms with Gasteiger partial charge in [0.15, 0.2) is 5.69 Å². The van der Waals surface area contributed by atoms with Gasteiger partial charge < -0.3 is 4.90 Å². The molecule has 0 saturated heterocycles. The van der Waals surface area contributed by atoms with Gasteiger partial charge in [-0.2, -0.15) is 5.10 Å². The molecule has 1 aromatic carbocycles. The number of hydrogen-bond acceptors (Lipinski definition) is 2. The molecule has 5 heteroatoms. The maximum absolute atomic E-state index is 12.8. The Labute approximate surface area is 110 Å². The van der Waals surface area contributed by atoms with Crippen molar-refractivity contribution in [2.24, 2.45) is 0 Å². The standard InChI is InChI=1S/C14H14FN3O/c1-17(11-6-7-11)14(19)13-8-9-18(16-13)12-4-2-10(15)3-5-12/h2-5,8-9,11H,6-7H2,1H3. The fourth-order valence-corrected chi connectivity index (χ4v) is 1.98. The van der Waals surface area contributed by atoms with Crippen LogP contribution < -0.4 is 0 Å². The Morgan fingerprint density at radius 1 is 1.32 bits per heavy atom. The maximum Gasteiger partial charge on any atom is 0.274 e. The first-order chi connectivity index (χ1) is 9.15. The first-order valence-electron chi connectivity index (χ1n) is 6.24. The molecule has 1 amide bonds. The fraction of sp³-hybridized carbons (Fsp3) is 0.286. The zero-order chi connectivity index (χ0) is 13.4. The van der Waals surface area contributed by atoms with Crippen molar-refractivity contribution >= 4 is 5.91 Å². The SMILES string of the molecule is CN(C(=O)c1ccn(-c2ccc(F)cc2)n1)C1CC1. The summed E-state index contributed by atoms with van der Waals surface area (Å²) in [4.78, 5) is 13.8. The first-order valence-corrected chi connectivity index (χ1v) is 6.24. The summed E-state index contributed by atoms with van der Waals surface area (Å²) < 4.78 is 14.4. The summed E-state index contributed by atoms with van der Waals surface area (Å²) in [5.74, 6) is -0.357. The fourth-order valence-electron chi connectivity index (χ4n) is 1.98. The van der Waals surface area contributed by atoms with E-state index in [4.69, 9.17) is 0 Å². The maximum atomic E-state index is 12.8. The Hall–Kier alpha value is -2.17. The lowest BCUT2D eigenvalue weighted by atomic mass is 10.3. The number of amides is 1. The predicted octanol–water partition coefficient (Wildman–Crippen LogP) is 2.25. The Balaban J connectivity index is 1.82. The molecule has 0 atom stereocenters. The molecular weight excluding hydrogens is 245 g/mol. The van der Waals surface area contributed by atoms with Crippen molar-refractivity contribution in [2.45, 2.75) is 18.9 Å². The Kier molecular flexibility index (Phi) is 2.81. The lowest BCUT2D eigenvalue weighted by Gasteiger charge is -2.14. The van der Waals surface area contributed by atoms with Gasteiger partial charge in [-0.25, -0.2) is 9.07 Å². The smallest absolute Gasteiger partial charge is 0.274 e.